The standard InChI is InChI=1S/C17H15NO2Se/c1-20-14-10-6-5-9-13(14)15-11-16(19)18-17(21-15)12-7-3-2-4-8-12/h2-10,15H,11H2,1H3/t15-/m1/s1. The zero-order valence-electron chi connectivity index (χ0n) is 11.7. The van der Waals surface area contributed by atoms with Gasteiger partial charge in [-0.05, 0) is 0 Å². The van der Waals surface area contributed by atoms with Crippen LogP contribution < -0.4 is 4.74 Å². The number of carbonyl (C=O) groups is 1. The predicted molar refractivity (Wildman–Crippen MR) is 84.1 cm³/mol. The molecule has 1 amide bonds. The van der Waals surface area contributed by atoms with E-state index in [2.05, 4.69) is 4.99 Å². The summed E-state index contributed by atoms with van der Waals surface area (Å²) < 4.78 is 6.36. The van der Waals surface area contributed by atoms with E-state index in [9.17, 15) is 4.79 Å². The van der Waals surface area contributed by atoms with Gasteiger partial charge in [-0.2, -0.15) is 0 Å². The molecule has 3 nitrogen and oxygen atoms in total. The Balaban J connectivity index is 1.93. The fourth-order valence-electron chi connectivity index (χ4n) is 2.34. The molecule has 0 fully saturated rings. The summed E-state index contributed by atoms with van der Waals surface area (Å²) in [5, 5.41) is 0. The number of methoxy groups -OCH3 is 1. The van der Waals surface area contributed by atoms with Crippen molar-refractivity contribution in [3.8, 4) is 5.75 Å². The van der Waals surface area contributed by atoms with E-state index in [1.54, 1.807) is 7.11 Å². The molecule has 1 heterocycles. The van der Waals surface area contributed by atoms with Crippen LogP contribution in [0, 0.1) is 0 Å². The van der Waals surface area contributed by atoms with Crippen molar-refractivity contribution in [3.05, 3.63) is 65.7 Å². The van der Waals surface area contributed by atoms with Gasteiger partial charge < -0.3 is 0 Å². The van der Waals surface area contributed by atoms with Crippen molar-refractivity contribution in [2.24, 2.45) is 4.99 Å². The Morgan fingerprint density at radius 1 is 1.10 bits per heavy atom. The fourth-order valence-corrected chi connectivity index (χ4v) is 4.95. The SMILES string of the molecule is COc1ccccc1[C@H]1CC(=O)N=C(c2ccccc2)[Se]1. The van der Waals surface area contributed by atoms with Gasteiger partial charge in [-0.1, -0.05) is 0 Å². The monoisotopic (exact) mass is 345 g/mol. The molecule has 21 heavy (non-hydrogen) atoms. The molecule has 1 aliphatic rings. The number of aliphatic imine (C=N–C) groups is 1. The van der Waals surface area contributed by atoms with Crippen molar-refractivity contribution >= 4 is 25.5 Å². The first-order chi connectivity index (χ1) is 10.3. The Morgan fingerprint density at radius 3 is 2.57 bits per heavy atom. The summed E-state index contributed by atoms with van der Waals surface area (Å²) in [4.78, 5) is 16.4. The predicted octanol–water partition coefficient (Wildman–Crippen LogP) is 2.82. The second-order valence-electron chi connectivity index (χ2n) is 4.73. The summed E-state index contributed by atoms with van der Waals surface area (Å²) >= 11 is 0.115. The Labute approximate surface area is 130 Å². The van der Waals surface area contributed by atoms with Crippen LogP contribution in [-0.4, -0.2) is 32.6 Å². The van der Waals surface area contributed by atoms with Gasteiger partial charge in [-0.25, -0.2) is 0 Å². The number of hydrogen-bond acceptors (Lipinski definition) is 2. The van der Waals surface area contributed by atoms with Gasteiger partial charge in [0.2, 0.25) is 0 Å². The third-order valence-corrected chi connectivity index (χ3v) is 5.98. The van der Waals surface area contributed by atoms with Crippen molar-refractivity contribution in [3.63, 3.8) is 0 Å². The van der Waals surface area contributed by atoms with Crippen LogP contribution >= 0.6 is 0 Å². The van der Waals surface area contributed by atoms with E-state index in [4.69, 9.17) is 4.74 Å². The number of amides is 1. The van der Waals surface area contributed by atoms with E-state index in [-0.39, 0.29) is 25.7 Å². The van der Waals surface area contributed by atoms with E-state index >= 15 is 0 Å². The van der Waals surface area contributed by atoms with Crippen molar-refractivity contribution in [2.45, 2.75) is 11.2 Å². The van der Waals surface area contributed by atoms with Crippen LogP contribution in [0.1, 0.15) is 22.4 Å². The molecule has 2 aromatic rings. The molecule has 1 aliphatic heterocycles. The molecule has 106 valence electrons. The molecule has 1 atom stereocenters. The van der Waals surface area contributed by atoms with Gasteiger partial charge in [-0.3, -0.25) is 0 Å². The van der Waals surface area contributed by atoms with Crippen LogP contribution in [0.3, 0.4) is 0 Å². The summed E-state index contributed by atoms with van der Waals surface area (Å²) in [6, 6.07) is 17.9. The average Bonchev–Trinajstić information content (AvgIpc) is 2.55. The van der Waals surface area contributed by atoms with E-state index in [1.807, 2.05) is 54.6 Å². The topological polar surface area (TPSA) is 38.7 Å². The van der Waals surface area contributed by atoms with E-state index < -0.39 is 0 Å². The number of carbonyl (C=O) groups excluding carboxylic acids is 1. The third-order valence-electron chi connectivity index (χ3n) is 3.35. The van der Waals surface area contributed by atoms with Gasteiger partial charge in [-0.15, -0.1) is 0 Å². The second kappa shape index (κ2) is 6.25. The Morgan fingerprint density at radius 2 is 1.81 bits per heavy atom. The molecule has 0 aromatic heterocycles. The molecule has 4 heteroatoms. The van der Waals surface area contributed by atoms with Gasteiger partial charge >= 0.3 is 130 Å². The van der Waals surface area contributed by atoms with Gasteiger partial charge in [0.15, 0.2) is 0 Å². The number of benzene rings is 2. The summed E-state index contributed by atoms with van der Waals surface area (Å²) in [6.07, 6.45) is 0.469. The summed E-state index contributed by atoms with van der Waals surface area (Å²) in [5.74, 6) is 0.810. The van der Waals surface area contributed by atoms with Gasteiger partial charge in [0, 0.05) is 0 Å². The molecule has 0 saturated heterocycles. The first-order valence-corrected chi connectivity index (χ1v) is 8.59. The Kier molecular flexibility index (Phi) is 4.18. The Bertz CT molecular complexity index is 682. The molecular formula is C17H15NO2Se. The molecule has 3 rings (SSSR count). The number of rotatable bonds is 3. The second-order valence-corrected chi connectivity index (χ2v) is 7.23. The molecule has 0 aliphatic carbocycles. The summed E-state index contributed by atoms with van der Waals surface area (Å²) in [7, 11) is 1.67. The van der Waals surface area contributed by atoms with E-state index in [0.29, 0.717) is 6.42 Å². The van der Waals surface area contributed by atoms with Gasteiger partial charge in [0.1, 0.15) is 0 Å². The van der Waals surface area contributed by atoms with Crippen molar-refractivity contribution in [1.82, 2.24) is 0 Å². The van der Waals surface area contributed by atoms with Crippen LogP contribution in [0.15, 0.2) is 59.6 Å². The fraction of sp³-hybridized carbons (Fsp3) is 0.176. The Hall–Kier alpha value is -1.90. The van der Waals surface area contributed by atoms with Crippen molar-refractivity contribution in [2.75, 3.05) is 7.11 Å². The zero-order chi connectivity index (χ0) is 14.7. The van der Waals surface area contributed by atoms with Gasteiger partial charge in [0.05, 0.1) is 0 Å². The van der Waals surface area contributed by atoms with Crippen LogP contribution in [0.25, 0.3) is 0 Å². The maximum absolute atomic E-state index is 12.0. The van der Waals surface area contributed by atoms with Crippen LogP contribution in [0.2, 0.25) is 0 Å². The molecule has 0 N–H and O–H groups in total. The van der Waals surface area contributed by atoms with Crippen LogP contribution in [-0.2, 0) is 4.79 Å². The maximum atomic E-state index is 12.0. The number of nitrogens with zero attached hydrogens (tertiary/aromatic N) is 1. The van der Waals surface area contributed by atoms with Crippen LogP contribution in [0.4, 0.5) is 0 Å². The van der Waals surface area contributed by atoms with Crippen LogP contribution in [0.5, 0.6) is 5.75 Å². The molecule has 0 unspecified atom stereocenters. The third kappa shape index (κ3) is 3.07. The quantitative estimate of drug-likeness (QED) is 0.803. The molecule has 0 saturated carbocycles. The molecule has 0 bridgehead atoms. The minimum atomic E-state index is -0.0436. The molecule has 2 aromatic carbocycles. The van der Waals surface area contributed by atoms with E-state index in [0.717, 1.165) is 21.5 Å². The number of ether oxygens (including phenoxy) is 1. The summed E-state index contributed by atoms with van der Waals surface area (Å²) in [5.41, 5.74) is 2.15. The van der Waals surface area contributed by atoms with E-state index in [1.165, 1.54) is 0 Å². The molecular weight excluding hydrogens is 329 g/mol. The molecule has 0 radical (unpaired) electrons. The normalized spacial score (nSPS) is 18.2. The number of hydrogen-bond donors (Lipinski definition) is 0. The van der Waals surface area contributed by atoms with Crippen molar-refractivity contribution < 1.29 is 9.53 Å². The zero-order valence-corrected chi connectivity index (χ0v) is 13.4. The first kappa shape index (κ1) is 14.1. The summed E-state index contributed by atoms with van der Waals surface area (Å²) in [6.45, 7) is 0. The van der Waals surface area contributed by atoms with Crippen molar-refractivity contribution in [1.29, 1.82) is 0 Å². The molecule has 0 spiro atoms. The first-order valence-electron chi connectivity index (χ1n) is 6.74. The number of para-hydroxylation sites is 1. The minimum absolute atomic E-state index is 0.0436. The average molecular weight is 344 g/mol. The van der Waals surface area contributed by atoms with Gasteiger partial charge in [0.25, 0.3) is 0 Å².